The fourth-order valence-electron chi connectivity index (χ4n) is 2.95. The first-order chi connectivity index (χ1) is 13.9. The van der Waals surface area contributed by atoms with Crippen LogP contribution in [0.25, 0.3) is 31.8 Å². The van der Waals surface area contributed by atoms with Gasteiger partial charge in [-0.05, 0) is 31.5 Å². The number of aliphatic hydroxyl groups is 1. The maximum atomic E-state index is 14.6. The highest BCUT2D eigenvalue weighted by Crippen LogP contribution is 2.40. The highest BCUT2D eigenvalue weighted by Gasteiger charge is 2.20. The summed E-state index contributed by atoms with van der Waals surface area (Å²) in [6, 6.07) is 5.42. The molecule has 150 valence electrons. The van der Waals surface area contributed by atoms with Gasteiger partial charge in [0, 0.05) is 11.6 Å². The van der Waals surface area contributed by atoms with Crippen molar-refractivity contribution < 1.29 is 19.0 Å². The molecule has 0 aliphatic carbocycles. The van der Waals surface area contributed by atoms with E-state index in [2.05, 4.69) is 15.0 Å². The van der Waals surface area contributed by atoms with Crippen molar-refractivity contribution in [2.24, 2.45) is 0 Å². The van der Waals surface area contributed by atoms with Gasteiger partial charge in [0.15, 0.2) is 11.6 Å². The Kier molecular flexibility index (Phi) is 5.24. The van der Waals surface area contributed by atoms with Crippen LogP contribution in [0.4, 0.5) is 4.39 Å². The van der Waals surface area contributed by atoms with Gasteiger partial charge in [0.1, 0.15) is 21.7 Å². The Bertz CT molecular complexity index is 1230. The van der Waals surface area contributed by atoms with Crippen LogP contribution in [0.15, 0.2) is 24.4 Å². The third kappa shape index (κ3) is 3.59. The summed E-state index contributed by atoms with van der Waals surface area (Å²) in [5.41, 5.74) is 3.45. The third-order valence-electron chi connectivity index (χ3n) is 4.33. The summed E-state index contributed by atoms with van der Waals surface area (Å²) in [6.45, 7) is 3.36. The molecule has 0 fully saturated rings. The number of aliphatic hydroxyl groups excluding tert-OH is 1. The zero-order chi connectivity index (χ0) is 20.7. The summed E-state index contributed by atoms with van der Waals surface area (Å²) < 4.78 is 25.9. The predicted molar refractivity (Wildman–Crippen MR) is 112 cm³/mol. The van der Waals surface area contributed by atoms with Crippen molar-refractivity contribution in [3.05, 3.63) is 40.8 Å². The zero-order valence-corrected chi connectivity index (χ0v) is 17.4. The minimum atomic E-state index is -0.699. The lowest BCUT2D eigenvalue weighted by Gasteiger charge is -2.13. The molecule has 0 spiro atoms. The molecular formula is C20H17ClFN3O3S. The molecule has 0 unspecified atom stereocenters. The van der Waals surface area contributed by atoms with Crippen LogP contribution in [0.5, 0.6) is 11.6 Å². The molecule has 0 saturated heterocycles. The quantitative estimate of drug-likeness (QED) is 0.488. The summed E-state index contributed by atoms with van der Waals surface area (Å²) in [5.74, 6) is -0.295. The summed E-state index contributed by atoms with van der Waals surface area (Å²) in [4.78, 5) is 13.5. The van der Waals surface area contributed by atoms with Gasteiger partial charge in [-0.25, -0.2) is 19.3 Å². The van der Waals surface area contributed by atoms with Crippen LogP contribution in [-0.4, -0.2) is 39.9 Å². The van der Waals surface area contributed by atoms with Gasteiger partial charge in [0.2, 0.25) is 5.88 Å². The Morgan fingerprint density at radius 3 is 2.76 bits per heavy atom. The molecule has 9 heteroatoms. The smallest absolute Gasteiger partial charge is 0.232 e. The van der Waals surface area contributed by atoms with Crippen LogP contribution in [0.1, 0.15) is 12.5 Å². The number of benzene rings is 2. The molecule has 2 aromatic carbocycles. The number of rotatable bonds is 5. The van der Waals surface area contributed by atoms with Gasteiger partial charge in [-0.3, -0.25) is 0 Å². The second kappa shape index (κ2) is 7.70. The van der Waals surface area contributed by atoms with Gasteiger partial charge >= 0.3 is 0 Å². The molecule has 6 nitrogen and oxygen atoms in total. The van der Waals surface area contributed by atoms with Gasteiger partial charge in [-0.2, -0.15) is 0 Å². The fourth-order valence-corrected chi connectivity index (χ4v) is 4.26. The van der Waals surface area contributed by atoms with Crippen LogP contribution < -0.4 is 9.47 Å². The monoisotopic (exact) mass is 433 g/mol. The predicted octanol–water partition coefficient (Wildman–Crippen LogP) is 4.78. The van der Waals surface area contributed by atoms with Crippen LogP contribution >= 0.6 is 22.9 Å². The Hall–Kier alpha value is -2.55. The third-order valence-corrected chi connectivity index (χ3v) is 5.71. The van der Waals surface area contributed by atoms with Gasteiger partial charge in [-0.15, -0.1) is 11.3 Å². The van der Waals surface area contributed by atoms with Crippen molar-refractivity contribution >= 4 is 44.2 Å². The molecule has 2 heterocycles. The van der Waals surface area contributed by atoms with Crippen LogP contribution in [0.3, 0.4) is 0 Å². The van der Waals surface area contributed by atoms with Gasteiger partial charge < -0.3 is 14.6 Å². The first kappa shape index (κ1) is 19.8. The molecule has 0 aliphatic heterocycles. The highest BCUT2D eigenvalue weighted by molar-refractivity contribution is 7.21. The number of aryl methyl sites for hydroxylation is 1. The number of thiazole rings is 1. The standard InChI is InChI=1S/C20H17ClFN3O3S/c1-9-4-11(18-12(5-9)24-15(27-3)7-23-18)20-25-19-14(29-20)6-13(17(22)16(19)21)28-10(2)8-26/h4-7,10,26H,8H2,1-3H3/t10-/m0/s1. The van der Waals surface area contributed by atoms with Crippen molar-refractivity contribution in [1.82, 2.24) is 15.0 Å². The fraction of sp³-hybridized carbons (Fsp3) is 0.250. The molecule has 4 aromatic rings. The van der Waals surface area contributed by atoms with Gasteiger partial charge in [0.05, 0.1) is 35.6 Å². The number of aromatic nitrogens is 3. The average molecular weight is 434 g/mol. The van der Waals surface area contributed by atoms with Crippen LogP contribution in [0.2, 0.25) is 5.02 Å². The molecule has 0 amide bonds. The molecule has 4 rings (SSSR count). The number of ether oxygens (including phenoxy) is 2. The summed E-state index contributed by atoms with van der Waals surface area (Å²) >= 11 is 7.58. The number of fused-ring (bicyclic) bond motifs is 2. The molecule has 1 N–H and O–H groups in total. The second-order valence-corrected chi connectivity index (χ2v) is 7.98. The first-order valence-electron chi connectivity index (χ1n) is 8.79. The number of methoxy groups -OCH3 is 1. The van der Waals surface area contributed by atoms with E-state index in [1.165, 1.54) is 18.4 Å². The van der Waals surface area contributed by atoms with Crippen LogP contribution in [-0.2, 0) is 0 Å². The highest BCUT2D eigenvalue weighted by atomic mass is 35.5. The Morgan fingerprint density at radius 1 is 1.24 bits per heavy atom. The van der Waals surface area contributed by atoms with E-state index in [0.717, 1.165) is 11.1 Å². The lowest BCUT2D eigenvalue weighted by Crippen LogP contribution is -2.16. The average Bonchev–Trinajstić information content (AvgIpc) is 3.14. The molecular weight excluding hydrogens is 417 g/mol. The van der Waals surface area contributed by atoms with E-state index in [1.807, 2.05) is 19.1 Å². The number of halogens is 2. The number of hydrogen-bond acceptors (Lipinski definition) is 7. The molecule has 0 bridgehead atoms. The minimum absolute atomic E-state index is 0.0159. The van der Waals surface area contributed by atoms with Crippen molar-refractivity contribution in [1.29, 1.82) is 0 Å². The van der Waals surface area contributed by atoms with Crippen molar-refractivity contribution in [3.63, 3.8) is 0 Å². The van der Waals surface area contributed by atoms with Crippen molar-refractivity contribution in [3.8, 4) is 22.2 Å². The largest absolute Gasteiger partial charge is 0.485 e. The van der Waals surface area contributed by atoms with Gasteiger partial charge in [-0.1, -0.05) is 11.6 Å². The maximum absolute atomic E-state index is 14.6. The Morgan fingerprint density at radius 2 is 2.03 bits per heavy atom. The zero-order valence-electron chi connectivity index (χ0n) is 15.9. The topological polar surface area (TPSA) is 77.4 Å². The Labute approximate surface area is 174 Å². The van der Waals surface area contributed by atoms with Crippen LogP contribution in [0, 0.1) is 12.7 Å². The number of nitrogens with zero attached hydrogens (tertiary/aromatic N) is 3. The van der Waals surface area contributed by atoms with Gasteiger partial charge in [0.25, 0.3) is 0 Å². The summed E-state index contributed by atoms with van der Waals surface area (Å²) in [5, 5.41) is 9.70. The lowest BCUT2D eigenvalue weighted by atomic mass is 10.1. The van der Waals surface area contributed by atoms with E-state index in [-0.39, 0.29) is 17.4 Å². The molecule has 0 radical (unpaired) electrons. The lowest BCUT2D eigenvalue weighted by molar-refractivity contribution is 0.125. The first-order valence-corrected chi connectivity index (χ1v) is 9.98. The maximum Gasteiger partial charge on any atom is 0.232 e. The van der Waals surface area contributed by atoms with E-state index in [9.17, 15) is 9.50 Å². The van der Waals surface area contributed by atoms with E-state index < -0.39 is 11.9 Å². The number of hydrogen-bond donors (Lipinski definition) is 1. The molecule has 0 saturated carbocycles. The van der Waals surface area contributed by atoms with E-state index >= 15 is 0 Å². The van der Waals surface area contributed by atoms with E-state index in [0.29, 0.717) is 32.1 Å². The second-order valence-electron chi connectivity index (χ2n) is 6.57. The van der Waals surface area contributed by atoms with Crippen molar-refractivity contribution in [2.45, 2.75) is 20.0 Å². The van der Waals surface area contributed by atoms with E-state index in [1.54, 1.807) is 19.2 Å². The minimum Gasteiger partial charge on any atom is -0.485 e. The molecule has 0 aliphatic rings. The normalized spacial score (nSPS) is 12.5. The van der Waals surface area contributed by atoms with E-state index in [4.69, 9.17) is 21.1 Å². The van der Waals surface area contributed by atoms with Crippen molar-refractivity contribution in [2.75, 3.05) is 13.7 Å². The summed E-state index contributed by atoms with van der Waals surface area (Å²) in [7, 11) is 1.54. The Balaban J connectivity index is 1.90. The SMILES string of the molecule is COc1cnc2c(-c3nc4c(Cl)c(F)c(O[C@@H](C)CO)cc4s3)cc(C)cc2n1. The molecule has 1 atom stereocenters. The molecule has 29 heavy (non-hydrogen) atoms. The summed E-state index contributed by atoms with van der Waals surface area (Å²) in [6.07, 6.45) is 0.986. The molecule has 2 aromatic heterocycles.